The molecule has 0 spiro atoms. The molecule has 1 unspecified atom stereocenters. The molecule has 1 saturated heterocycles. The average Bonchev–Trinajstić information content (AvgIpc) is 3.50. The van der Waals surface area contributed by atoms with Crippen LogP contribution in [-0.2, 0) is 16.1 Å². The standard InChI is InChI=1S/C28H27N3O3/c1-34-28(33)21-11-14-23-24(17-21)30-27(32)25(23)26(20-7-3-2-4-8-20)29-22-12-9-19(10-13-22)18-31-15-5-6-16-31/h2-4,7-14,17,25H,5-6,15-16,18H2,1H3,(H,30,32). The van der Waals surface area contributed by atoms with E-state index in [2.05, 4.69) is 22.3 Å². The van der Waals surface area contributed by atoms with Gasteiger partial charge in [0.15, 0.2) is 0 Å². The number of carbonyl (C=O) groups excluding carboxylic acids is 2. The maximum Gasteiger partial charge on any atom is 0.337 e. The van der Waals surface area contributed by atoms with Crippen molar-refractivity contribution in [1.82, 2.24) is 4.90 Å². The molecule has 0 radical (unpaired) electrons. The summed E-state index contributed by atoms with van der Waals surface area (Å²) in [4.78, 5) is 32.5. The minimum atomic E-state index is -0.576. The van der Waals surface area contributed by atoms with Gasteiger partial charge in [0.2, 0.25) is 5.91 Å². The highest BCUT2D eigenvalue weighted by Gasteiger charge is 2.36. The van der Waals surface area contributed by atoms with Crippen molar-refractivity contribution in [3.63, 3.8) is 0 Å². The summed E-state index contributed by atoms with van der Waals surface area (Å²) in [6, 6.07) is 23.2. The van der Waals surface area contributed by atoms with E-state index in [-0.39, 0.29) is 5.91 Å². The number of nitrogens with zero attached hydrogens (tertiary/aromatic N) is 2. The van der Waals surface area contributed by atoms with Gasteiger partial charge in [-0.15, -0.1) is 0 Å². The van der Waals surface area contributed by atoms with E-state index in [0.717, 1.165) is 36.4 Å². The Bertz CT molecular complexity index is 1230. The van der Waals surface area contributed by atoms with Gasteiger partial charge in [-0.05, 0) is 66.9 Å². The minimum Gasteiger partial charge on any atom is -0.465 e. The molecule has 0 saturated carbocycles. The van der Waals surface area contributed by atoms with Gasteiger partial charge < -0.3 is 10.1 Å². The predicted molar refractivity (Wildman–Crippen MR) is 133 cm³/mol. The van der Waals surface area contributed by atoms with Crippen LogP contribution < -0.4 is 5.32 Å². The van der Waals surface area contributed by atoms with E-state index < -0.39 is 11.9 Å². The zero-order chi connectivity index (χ0) is 23.5. The number of fused-ring (bicyclic) bond motifs is 1. The van der Waals surface area contributed by atoms with Gasteiger partial charge in [0.1, 0.15) is 5.92 Å². The Morgan fingerprint density at radius 1 is 1.00 bits per heavy atom. The summed E-state index contributed by atoms with van der Waals surface area (Å²) in [7, 11) is 1.34. The van der Waals surface area contributed by atoms with Gasteiger partial charge in [0.25, 0.3) is 0 Å². The van der Waals surface area contributed by atoms with Crippen LogP contribution in [0.15, 0.2) is 77.8 Å². The number of ether oxygens (including phenoxy) is 1. The molecule has 1 atom stereocenters. The molecule has 2 aliphatic heterocycles. The first kappa shape index (κ1) is 22.0. The highest BCUT2D eigenvalue weighted by Crippen LogP contribution is 2.37. The van der Waals surface area contributed by atoms with Crippen LogP contribution >= 0.6 is 0 Å². The molecule has 0 aliphatic carbocycles. The van der Waals surface area contributed by atoms with Crippen molar-refractivity contribution >= 4 is 29.0 Å². The topological polar surface area (TPSA) is 71.0 Å². The van der Waals surface area contributed by atoms with Crippen molar-refractivity contribution in [2.45, 2.75) is 25.3 Å². The molecule has 5 rings (SSSR count). The summed E-state index contributed by atoms with van der Waals surface area (Å²) in [5.74, 6) is -1.18. The van der Waals surface area contributed by atoms with Gasteiger partial charge in [-0.25, -0.2) is 4.79 Å². The first-order valence-corrected chi connectivity index (χ1v) is 11.6. The fourth-order valence-electron chi connectivity index (χ4n) is 4.70. The van der Waals surface area contributed by atoms with Crippen molar-refractivity contribution in [3.8, 4) is 0 Å². The second-order valence-electron chi connectivity index (χ2n) is 8.73. The lowest BCUT2D eigenvalue weighted by atomic mass is 9.90. The van der Waals surface area contributed by atoms with Crippen LogP contribution in [0.25, 0.3) is 0 Å². The van der Waals surface area contributed by atoms with Gasteiger partial charge in [0.05, 0.1) is 24.1 Å². The Hall–Kier alpha value is -3.77. The zero-order valence-corrected chi connectivity index (χ0v) is 19.2. The van der Waals surface area contributed by atoms with E-state index in [4.69, 9.17) is 9.73 Å². The van der Waals surface area contributed by atoms with Crippen LogP contribution in [0.5, 0.6) is 0 Å². The molecule has 3 aromatic rings. The SMILES string of the molecule is COC(=O)c1ccc2c(c1)NC(=O)C2C(=Nc1ccc(CN2CCCC2)cc1)c1ccccc1. The Balaban J connectivity index is 1.50. The predicted octanol–water partition coefficient (Wildman–Crippen LogP) is 4.93. The molecule has 1 amide bonds. The summed E-state index contributed by atoms with van der Waals surface area (Å²) in [6.45, 7) is 3.27. The normalized spacial score (nSPS) is 18.0. The second kappa shape index (κ2) is 9.61. The van der Waals surface area contributed by atoms with E-state index in [1.165, 1.54) is 25.5 Å². The smallest absolute Gasteiger partial charge is 0.337 e. The number of likely N-dealkylation sites (tertiary alicyclic amines) is 1. The number of hydrogen-bond donors (Lipinski definition) is 1. The Labute approximate surface area is 199 Å². The van der Waals surface area contributed by atoms with Crippen LogP contribution in [0.2, 0.25) is 0 Å². The van der Waals surface area contributed by atoms with Crippen LogP contribution in [0.1, 0.15) is 45.8 Å². The van der Waals surface area contributed by atoms with Crippen LogP contribution in [-0.4, -0.2) is 42.7 Å². The highest BCUT2D eigenvalue weighted by molar-refractivity contribution is 6.24. The molecule has 1 N–H and O–H groups in total. The average molecular weight is 454 g/mol. The number of methoxy groups -OCH3 is 1. The molecule has 2 heterocycles. The molecule has 6 heteroatoms. The van der Waals surface area contributed by atoms with E-state index >= 15 is 0 Å². The minimum absolute atomic E-state index is 0.162. The summed E-state index contributed by atoms with van der Waals surface area (Å²) >= 11 is 0. The van der Waals surface area contributed by atoms with Gasteiger partial charge in [-0.3, -0.25) is 14.7 Å². The fourth-order valence-corrected chi connectivity index (χ4v) is 4.70. The fraction of sp³-hybridized carbons (Fsp3) is 0.250. The molecule has 34 heavy (non-hydrogen) atoms. The van der Waals surface area contributed by atoms with Gasteiger partial charge in [-0.1, -0.05) is 48.5 Å². The van der Waals surface area contributed by atoms with E-state index in [1.807, 2.05) is 48.5 Å². The summed E-state index contributed by atoms with van der Waals surface area (Å²) in [5, 5.41) is 2.92. The monoisotopic (exact) mass is 453 g/mol. The zero-order valence-electron chi connectivity index (χ0n) is 19.2. The molecule has 1 fully saturated rings. The van der Waals surface area contributed by atoms with Crippen molar-refractivity contribution < 1.29 is 14.3 Å². The van der Waals surface area contributed by atoms with Gasteiger partial charge in [-0.2, -0.15) is 0 Å². The molecule has 6 nitrogen and oxygen atoms in total. The second-order valence-corrected chi connectivity index (χ2v) is 8.73. The molecular weight excluding hydrogens is 426 g/mol. The molecule has 172 valence electrons. The van der Waals surface area contributed by atoms with E-state index in [0.29, 0.717) is 17.0 Å². The lowest BCUT2D eigenvalue weighted by Gasteiger charge is -2.15. The molecule has 0 aromatic heterocycles. The summed E-state index contributed by atoms with van der Waals surface area (Å²) in [6.07, 6.45) is 2.55. The third-order valence-corrected chi connectivity index (χ3v) is 6.44. The first-order chi connectivity index (χ1) is 16.6. The maximum absolute atomic E-state index is 13.1. The number of benzene rings is 3. The number of anilines is 1. The number of nitrogens with one attached hydrogen (secondary N) is 1. The van der Waals surface area contributed by atoms with Crippen molar-refractivity contribution in [1.29, 1.82) is 0 Å². The lowest BCUT2D eigenvalue weighted by molar-refractivity contribution is -0.115. The molecule has 2 aliphatic rings. The van der Waals surface area contributed by atoms with Crippen LogP contribution in [0.3, 0.4) is 0 Å². The largest absolute Gasteiger partial charge is 0.465 e. The Morgan fingerprint density at radius 3 is 2.44 bits per heavy atom. The number of hydrogen-bond acceptors (Lipinski definition) is 5. The third kappa shape index (κ3) is 4.50. The van der Waals surface area contributed by atoms with Crippen molar-refractivity contribution in [2.24, 2.45) is 4.99 Å². The Morgan fingerprint density at radius 2 is 1.74 bits per heavy atom. The maximum atomic E-state index is 13.1. The molecule has 0 bridgehead atoms. The Kier molecular flexibility index (Phi) is 6.23. The van der Waals surface area contributed by atoms with E-state index in [1.54, 1.807) is 12.1 Å². The number of rotatable bonds is 6. The van der Waals surface area contributed by atoms with E-state index in [9.17, 15) is 9.59 Å². The van der Waals surface area contributed by atoms with Crippen LogP contribution in [0, 0.1) is 0 Å². The number of amides is 1. The summed E-state index contributed by atoms with van der Waals surface area (Å²) < 4.78 is 4.82. The van der Waals surface area contributed by atoms with Crippen molar-refractivity contribution in [3.05, 3.63) is 95.1 Å². The third-order valence-electron chi connectivity index (χ3n) is 6.44. The summed E-state index contributed by atoms with van der Waals surface area (Å²) in [5.41, 5.74) is 5.43. The number of esters is 1. The first-order valence-electron chi connectivity index (χ1n) is 11.6. The quantitative estimate of drug-likeness (QED) is 0.425. The van der Waals surface area contributed by atoms with Gasteiger partial charge >= 0.3 is 5.97 Å². The molecular formula is C28H27N3O3. The van der Waals surface area contributed by atoms with Crippen molar-refractivity contribution in [2.75, 3.05) is 25.5 Å². The van der Waals surface area contributed by atoms with Crippen LogP contribution in [0.4, 0.5) is 11.4 Å². The van der Waals surface area contributed by atoms with Gasteiger partial charge in [0, 0.05) is 12.2 Å². The lowest BCUT2D eigenvalue weighted by Crippen LogP contribution is -2.22. The molecule has 3 aromatic carbocycles. The number of aliphatic imine (C=N–C) groups is 1. The highest BCUT2D eigenvalue weighted by atomic mass is 16.5. The number of carbonyl (C=O) groups is 2.